The van der Waals surface area contributed by atoms with Crippen LogP contribution in [0.2, 0.25) is 0 Å². The van der Waals surface area contributed by atoms with Gasteiger partial charge in [-0.25, -0.2) is 14.4 Å². The van der Waals surface area contributed by atoms with E-state index in [4.69, 9.17) is 9.72 Å². The molecule has 4 aromatic heterocycles. The molecular weight excluding hydrogens is 595 g/mol. The van der Waals surface area contributed by atoms with E-state index < -0.39 is 6.17 Å². The molecule has 0 N–H and O–H groups in total. The third kappa shape index (κ3) is 3.65. The summed E-state index contributed by atoms with van der Waals surface area (Å²) in [7, 11) is 0. The Morgan fingerprint density at radius 3 is 2.40 bits per heavy atom. The first-order valence-corrected chi connectivity index (χ1v) is 16.2. The van der Waals surface area contributed by atoms with E-state index >= 15 is 4.39 Å². The quantitative estimate of drug-likeness (QED) is 0.184. The van der Waals surface area contributed by atoms with Crippen molar-refractivity contribution in [2.75, 3.05) is 0 Å². The minimum absolute atomic E-state index is 0.246. The lowest BCUT2D eigenvalue weighted by Gasteiger charge is -2.34. The topological polar surface area (TPSA) is 44.4 Å². The summed E-state index contributed by atoms with van der Waals surface area (Å²) in [5, 5.41) is 5.09. The minimum Gasteiger partial charge on any atom is -0.456 e. The summed E-state index contributed by atoms with van der Waals surface area (Å²) in [6.07, 6.45) is 4.22. The molecule has 1 atom stereocenters. The summed E-state index contributed by atoms with van der Waals surface area (Å²) in [5.41, 5.74) is 7.70. The van der Waals surface area contributed by atoms with E-state index in [-0.39, 0.29) is 5.41 Å². The Morgan fingerprint density at radius 2 is 1.46 bits per heavy atom. The third-order valence-corrected chi connectivity index (χ3v) is 10.2. The van der Waals surface area contributed by atoms with Crippen molar-refractivity contribution in [1.82, 2.24) is 18.9 Å². The number of para-hydroxylation sites is 2. The number of halogens is 1. The maximum absolute atomic E-state index is 16.7. The molecule has 0 aliphatic carbocycles. The average Bonchev–Trinajstić information content (AvgIpc) is 3.75. The maximum Gasteiger partial charge on any atom is 0.150 e. The van der Waals surface area contributed by atoms with Crippen molar-refractivity contribution in [1.29, 1.82) is 0 Å². The molecular formula is C42H29FN4O. The normalized spacial score (nSPS) is 14.4. The van der Waals surface area contributed by atoms with Crippen molar-refractivity contribution in [3.63, 3.8) is 0 Å². The highest BCUT2D eigenvalue weighted by Crippen LogP contribution is 2.52. The number of aromatic nitrogens is 4. The Labute approximate surface area is 275 Å². The van der Waals surface area contributed by atoms with Gasteiger partial charge in [-0.15, -0.1) is 0 Å². The Balaban J connectivity index is 1.13. The lowest BCUT2D eigenvalue weighted by Crippen LogP contribution is -2.24. The van der Waals surface area contributed by atoms with Crippen LogP contribution >= 0.6 is 0 Å². The molecule has 6 heteroatoms. The summed E-state index contributed by atoms with van der Waals surface area (Å²) in [6.45, 7) is 4.49. The Bertz CT molecular complexity index is 2770. The molecule has 0 saturated heterocycles. The van der Waals surface area contributed by atoms with Crippen LogP contribution in [0.25, 0.3) is 54.9 Å². The van der Waals surface area contributed by atoms with E-state index in [1.165, 1.54) is 0 Å². The second-order valence-corrected chi connectivity index (χ2v) is 13.2. The molecule has 0 bridgehead atoms. The number of alkyl halides is 1. The molecule has 230 valence electrons. The highest BCUT2D eigenvalue weighted by molar-refractivity contribution is 6.13. The fraction of sp³-hybridized carbons (Fsp3) is 0.0952. The van der Waals surface area contributed by atoms with Crippen LogP contribution in [0.1, 0.15) is 42.3 Å². The number of ether oxygens (including phenoxy) is 1. The predicted molar refractivity (Wildman–Crippen MR) is 190 cm³/mol. The van der Waals surface area contributed by atoms with Gasteiger partial charge < -0.3 is 4.74 Å². The lowest BCUT2D eigenvalue weighted by atomic mass is 9.75. The molecule has 9 aromatic rings. The van der Waals surface area contributed by atoms with Crippen molar-refractivity contribution in [2.24, 2.45) is 0 Å². The summed E-state index contributed by atoms with van der Waals surface area (Å²) in [5.74, 6) is 1.71. The van der Waals surface area contributed by atoms with E-state index in [0.717, 1.165) is 77.6 Å². The second kappa shape index (κ2) is 9.75. The Kier molecular flexibility index (Phi) is 5.51. The van der Waals surface area contributed by atoms with Crippen LogP contribution in [-0.4, -0.2) is 18.9 Å². The van der Waals surface area contributed by atoms with Gasteiger partial charge in [0.2, 0.25) is 0 Å². The van der Waals surface area contributed by atoms with Gasteiger partial charge in [-0.2, -0.15) is 0 Å². The first kappa shape index (κ1) is 27.1. The number of fused-ring (bicyclic) bond motifs is 12. The zero-order chi connectivity index (χ0) is 32.1. The Morgan fingerprint density at radius 1 is 0.646 bits per heavy atom. The van der Waals surface area contributed by atoms with Gasteiger partial charge in [-0.3, -0.25) is 8.97 Å². The number of rotatable bonds is 3. The lowest BCUT2D eigenvalue weighted by molar-refractivity contribution is 0.402. The third-order valence-electron chi connectivity index (χ3n) is 10.2. The molecule has 0 radical (unpaired) electrons. The van der Waals surface area contributed by atoms with E-state index in [1.54, 1.807) is 12.4 Å². The van der Waals surface area contributed by atoms with Gasteiger partial charge in [-0.05, 0) is 65.0 Å². The SMILES string of the molecule is CC1(C)c2ccccc2Oc2c1ccc1c2c2cccnc2n1-c1cccc(C(F)c2ccc3c4ccccc4n4ccnc4c3c2)c1. The fourth-order valence-corrected chi connectivity index (χ4v) is 7.85. The first-order chi connectivity index (χ1) is 23.5. The van der Waals surface area contributed by atoms with Crippen LogP contribution in [0.5, 0.6) is 11.5 Å². The van der Waals surface area contributed by atoms with Crippen molar-refractivity contribution in [2.45, 2.75) is 25.4 Å². The number of hydrogen-bond acceptors (Lipinski definition) is 3. The van der Waals surface area contributed by atoms with Crippen molar-refractivity contribution < 1.29 is 9.13 Å². The number of imidazole rings is 1. The number of nitrogens with zero attached hydrogens (tertiary/aromatic N) is 4. The van der Waals surface area contributed by atoms with Crippen LogP contribution in [0.3, 0.4) is 0 Å². The summed E-state index contributed by atoms with van der Waals surface area (Å²) < 4.78 is 27.5. The molecule has 0 spiro atoms. The summed E-state index contributed by atoms with van der Waals surface area (Å²) in [4.78, 5) is 9.49. The van der Waals surface area contributed by atoms with Crippen molar-refractivity contribution >= 4 is 49.3 Å². The van der Waals surface area contributed by atoms with Gasteiger partial charge in [-0.1, -0.05) is 80.6 Å². The van der Waals surface area contributed by atoms with Gasteiger partial charge in [0.25, 0.3) is 0 Å². The zero-order valence-corrected chi connectivity index (χ0v) is 26.4. The zero-order valence-electron chi connectivity index (χ0n) is 26.4. The van der Waals surface area contributed by atoms with E-state index in [9.17, 15) is 0 Å². The average molecular weight is 625 g/mol. The molecule has 48 heavy (non-hydrogen) atoms. The highest BCUT2D eigenvalue weighted by atomic mass is 19.1. The molecule has 1 aliphatic rings. The van der Waals surface area contributed by atoms with Crippen LogP contribution < -0.4 is 4.74 Å². The van der Waals surface area contributed by atoms with Crippen molar-refractivity contribution in [3.8, 4) is 17.2 Å². The van der Waals surface area contributed by atoms with Crippen LogP contribution in [0.4, 0.5) is 4.39 Å². The molecule has 5 aromatic carbocycles. The second-order valence-electron chi connectivity index (χ2n) is 13.2. The summed E-state index contributed by atoms with van der Waals surface area (Å²) in [6, 6.07) is 38.5. The largest absolute Gasteiger partial charge is 0.456 e. The molecule has 0 amide bonds. The molecule has 1 unspecified atom stereocenters. The van der Waals surface area contributed by atoms with Crippen LogP contribution in [0.15, 0.2) is 134 Å². The van der Waals surface area contributed by atoms with Gasteiger partial charge in [0.05, 0.1) is 16.4 Å². The molecule has 10 rings (SSSR count). The van der Waals surface area contributed by atoms with Crippen molar-refractivity contribution in [3.05, 3.63) is 156 Å². The van der Waals surface area contributed by atoms with Gasteiger partial charge in [0.15, 0.2) is 6.17 Å². The van der Waals surface area contributed by atoms with E-state index in [1.807, 2.05) is 79.0 Å². The molecule has 0 fully saturated rings. The van der Waals surface area contributed by atoms with Crippen LogP contribution in [0, 0.1) is 0 Å². The molecule has 5 nitrogen and oxygen atoms in total. The maximum atomic E-state index is 16.7. The predicted octanol–water partition coefficient (Wildman–Crippen LogP) is 10.6. The number of hydrogen-bond donors (Lipinski definition) is 0. The standard InChI is InChI=1S/C42H29FN4O/c1-42(2)32-13-4-6-15-36(32)48-39-33(42)18-19-35-37(39)30-12-8-20-44-41(30)47(35)27-10-7-9-25(23-27)38(43)26-16-17-28-29-11-3-5-14-34(29)46-22-21-45-40(46)31(28)24-26/h3-24,38H,1-2H3. The monoisotopic (exact) mass is 624 g/mol. The molecule has 0 saturated carbocycles. The van der Waals surface area contributed by atoms with E-state index in [0.29, 0.717) is 11.1 Å². The molecule has 5 heterocycles. The van der Waals surface area contributed by atoms with Crippen LogP contribution in [-0.2, 0) is 5.41 Å². The highest BCUT2D eigenvalue weighted by Gasteiger charge is 2.36. The number of pyridine rings is 2. The smallest absolute Gasteiger partial charge is 0.150 e. The van der Waals surface area contributed by atoms with E-state index in [2.05, 4.69) is 70.3 Å². The Hall–Kier alpha value is -6.01. The number of benzene rings is 5. The first-order valence-electron chi connectivity index (χ1n) is 16.2. The molecule has 1 aliphatic heterocycles. The van der Waals surface area contributed by atoms with Gasteiger partial charge in [0, 0.05) is 57.0 Å². The summed E-state index contributed by atoms with van der Waals surface area (Å²) >= 11 is 0. The van der Waals surface area contributed by atoms with Gasteiger partial charge >= 0.3 is 0 Å². The fourth-order valence-electron chi connectivity index (χ4n) is 7.85. The minimum atomic E-state index is -1.34. The van der Waals surface area contributed by atoms with Gasteiger partial charge in [0.1, 0.15) is 22.8 Å².